The van der Waals surface area contributed by atoms with Crippen LogP contribution in [0.5, 0.6) is 5.75 Å². The van der Waals surface area contributed by atoms with Gasteiger partial charge in [0.1, 0.15) is 10.5 Å². The van der Waals surface area contributed by atoms with E-state index in [-0.39, 0.29) is 10.6 Å². The molecule has 0 saturated heterocycles. The zero-order valence-corrected chi connectivity index (χ0v) is 13.3. The van der Waals surface area contributed by atoms with Crippen LogP contribution in [0.3, 0.4) is 0 Å². The van der Waals surface area contributed by atoms with E-state index in [1.54, 1.807) is 24.3 Å². The van der Waals surface area contributed by atoms with Crippen LogP contribution in [0.4, 0.5) is 0 Å². The number of hydrogen-bond acceptors (Lipinski definition) is 4. The molecule has 0 amide bonds. The van der Waals surface area contributed by atoms with E-state index in [4.69, 9.17) is 0 Å². The summed E-state index contributed by atoms with van der Waals surface area (Å²) < 4.78 is 24.9. The smallest absolute Gasteiger partial charge is 0.190 e. The standard InChI is InChI=1S/C17H20O4S/c1-2-12-17(13-18,14-6-4-3-5-7-14)22(20,21)16-10-8-15(19)9-11-16/h3-11,18-19H,2,12-13H2,1H3. The average molecular weight is 320 g/mol. The molecule has 2 aromatic rings. The maximum atomic E-state index is 13.1. The third-order valence-electron chi connectivity index (χ3n) is 3.87. The summed E-state index contributed by atoms with van der Waals surface area (Å²) in [5.41, 5.74) is 0.576. The van der Waals surface area contributed by atoms with Gasteiger partial charge in [0.05, 0.1) is 11.5 Å². The minimum absolute atomic E-state index is 0.00347. The van der Waals surface area contributed by atoms with Gasteiger partial charge in [-0.1, -0.05) is 43.7 Å². The lowest BCUT2D eigenvalue weighted by Gasteiger charge is -2.32. The van der Waals surface area contributed by atoms with E-state index in [9.17, 15) is 18.6 Å². The van der Waals surface area contributed by atoms with Crippen molar-refractivity contribution in [1.29, 1.82) is 0 Å². The molecular weight excluding hydrogens is 300 g/mol. The predicted molar refractivity (Wildman–Crippen MR) is 85.4 cm³/mol. The van der Waals surface area contributed by atoms with Crippen molar-refractivity contribution in [2.24, 2.45) is 0 Å². The highest BCUT2D eigenvalue weighted by molar-refractivity contribution is 7.92. The van der Waals surface area contributed by atoms with Gasteiger partial charge in [-0.2, -0.15) is 0 Å². The Labute approximate surface area is 131 Å². The van der Waals surface area contributed by atoms with E-state index in [1.165, 1.54) is 24.3 Å². The Hall–Kier alpha value is -1.85. The molecule has 0 aromatic heterocycles. The fourth-order valence-corrected chi connectivity index (χ4v) is 4.72. The Morgan fingerprint density at radius 3 is 2.09 bits per heavy atom. The molecule has 1 unspecified atom stereocenters. The molecular formula is C17H20O4S. The first-order chi connectivity index (χ1) is 10.5. The zero-order chi connectivity index (χ0) is 16.2. The van der Waals surface area contributed by atoms with Crippen molar-refractivity contribution in [3.05, 3.63) is 60.2 Å². The summed E-state index contributed by atoms with van der Waals surface area (Å²) in [4.78, 5) is 0.0941. The molecule has 118 valence electrons. The quantitative estimate of drug-likeness (QED) is 0.858. The number of aliphatic hydroxyl groups is 1. The Morgan fingerprint density at radius 1 is 1.00 bits per heavy atom. The molecule has 2 rings (SSSR count). The van der Waals surface area contributed by atoms with Crippen molar-refractivity contribution in [3.8, 4) is 5.75 Å². The first-order valence-corrected chi connectivity index (χ1v) is 8.66. The van der Waals surface area contributed by atoms with Gasteiger partial charge < -0.3 is 10.2 Å². The first kappa shape index (κ1) is 16.5. The molecule has 0 spiro atoms. The second-order valence-corrected chi connectivity index (χ2v) is 7.53. The van der Waals surface area contributed by atoms with Crippen LogP contribution >= 0.6 is 0 Å². The third kappa shape index (κ3) is 2.74. The van der Waals surface area contributed by atoms with Crippen molar-refractivity contribution >= 4 is 9.84 Å². The number of benzene rings is 2. The Morgan fingerprint density at radius 2 is 1.59 bits per heavy atom. The predicted octanol–water partition coefficient (Wildman–Crippen LogP) is 2.85. The summed E-state index contributed by atoms with van der Waals surface area (Å²) in [6.07, 6.45) is 0.934. The van der Waals surface area contributed by atoms with E-state index in [0.29, 0.717) is 18.4 Å². The van der Waals surface area contributed by atoms with Gasteiger partial charge in [-0.05, 0) is 36.2 Å². The molecule has 4 nitrogen and oxygen atoms in total. The number of rotatable bonds is 6. The van der Waals surface area contributed by atoms with E-state index < -0.39 is 21.2 Å². The highest BCUT2D eigenvalue weighted by atomic mass is 32.2. The van der Waals surface area contributed by atoms with Gasteiger partial charge in [-0.25, -0.2) is 8.42 Å². The van der Waals surface area contributed by atoms with Crippen LogP contribution in [0.1, 0.15) is 25.3 Å². The number of aliphatic hydroxyl groups excluding tert-OH is 1. The van der Waals surface area contributed by atoms with Gasteiger partial charge in [0.15, 0.2) is 9.84 Å². The minimum atomic E-state index is -3.81. The van der Waals surface area contributed by atoms with Gasteiger partial charge in [0.2, 0.25) is 0 Å². The largest absolute Gasteiger partial charge is 0.508 e. The molecule has 22 heavy (non-hydrogen) atoms. The van der Waals surface area contributed by atoms with Crippen LogP contribution < -0.4 is 0 Å². The number of aromatic hydroxyl groups is 1. The molecule has 1 atom stereocenters. The maximum absolute atomic E-state index is 13.1. The summed E-state index contributed by atoms with van der Waals surface area (Å²) in [6, 6.07) is 14.2. The topological polar surface area (TPSA) is 74.6 Å². The van der Waals surface area contributed by atoms with Gasteiger partial charge in [0, 0.05) is 0 Å². The third-order valence-corrected chi connectivity index (χ3v) is 6.36. The van der Waals surface area contributed by atoms with Crippen molar-refractivity contribution in [1.82, 2.24) is 0 Å². The van der Waals surface area contributed by atoms with Gasteiger partial charge in [-0.3, -0.25) is 0 Å². The van der Waals surface area contributed by atoms with Crippen molar-refractivity contribution in [2.75, 3.05) is 6.61 Å². The lowest BCUT2D eigenvalue weighted by Crippen LogP contribution is -2.39. The molecule has 0 aliphatic carbocycles. The van der Waals surface area contributed by atoms with Gasteiger partial charge >= 0.3 is 0 Å². The van der Waals surface area contributed by atoms with Crippen molar-refractivity contribution in [3.63, 3.8) is 0 Å². The van der Waals surface area contributed by atoms with E-state index in [0.717, 1.165) is 0 Å². The highest BCUT2D eigenvalue weighted by Crippen LogP contribution is 2.39. The summed E-state index contributed by atoms with van der Waals surface area (Å²) in [5, 5.41) is 19.3. The SMILES string of the molecule is CCCC(CO)(c1ccccc1)S(=O)(=O)c1ccc(O)cc1. The number of phenolic OH excluding ortho intramolecular Hbond substituents is 1. The van der Waals surface area contributed by atoms with Crippen LogP contribution in [-0.4, -0.2) is 25.2 Å². The van der Waals surface area contributed by atoms with Crippen molar-refractivity contribution in [2.45, 2.75) is 29.4 Å². The number of sulfone groups is 1. The van der Waals surface area contributed by atoms with Crippen molar-refractivity contribution < 1.29 is 18.6 Å². The fourth-order valence-electron chi connectivity index (χ4n) is 2.69. The van der Waals surface area contributed by atoms with Gasteiger partial charge in [0.25, 0.3) is 0 Å². The number of hydrogen-bond donors (Lipinski definition) is 2. The summed E-state index contributed by atoms with van der Waals surface area (Å²) in [7, 11) is -3.81. The first-order valence-electron chi connectivity index (χ1n) is 7.18. The lowest BCUT2D eigenvalue weighted by molar-refractivity contribution is 0.232. The molecule has 0 aliphatic heterocycles. The second kappa shape index (κ2) is 6.50. The average Bonchev–Trinajstić information content (AvgIpc) is 2.53. The van der Waals surface area contributed by atoms with E-state index in [1.807, 2.05) is 13.0 Å². The Balaban J connectivity index is 2.65. The number of phenols is 1. The van der Waals surface area contributed by atoms with Crippen LogP contribution in [-0.2, 0) is 14.6 Å². The van der Waals surface area contributed by atoms with E-state index >= 15 is 0 Å². The lowest BCUT2D eigenvalue weighted by atomic mass is 9.94. The molecule has 2 N–H and O–H groups in total. The highest BCUT2D eigenvalue weighted by Gasteiger charge is 2.45. The molecule has 0 radical (unpaired) electrons. The minimum Gasteiger partial charge on any atom is -0.508 e. The summed E-state index contributed by atoms with van der Waals surface area (Å²) in [6.45, 7) is 1.40. The van der Waals surface area contributed by atoms with E-state index in [2.05, 4.69) is 0 Å². The molecule has 0 fully saturated rings. The molecule has 0 aliphatic rings. The Bertz CT molecular complexity index is 708. The van der Waals surface area contributed by atoms with Gasteiger partial charge in [-0.15, -0.1) is 0 Å². The monoisotopic (exact) mass is 320 g/mol. The van der Waals surface area contributed by atoms with Crippen LogP contribution in [0.15, 0.2) is 59.5 Å². The summed E-state index contributed by atoms with van der Waals surface area (Å²) >= 11 is 0. The molecule has 0 bridgehead atoms. The van der Waals surface area contributed by atoms with Crippen LogP contribution in [0.25, 0.3) is 0 Å². The zero-order valence-electron chi connectivity index (χ0n) is 12.4. The van der Waals surface area contributed by atoms with Crippen LogP contribution in [0.2, 0.25) is 0 Å². The fraction of sp³-hybridized carbons (Fsp3) is 0.294. The molecule has 5 heteroatoms. The normalized spacial score (nSPS) is 14.5. The maximum Gasteiger partial charge on any atom is 0.190 e. The molecule has 0 saturated carbocycles. The van der Waals surface area contributed by atoms with Crippen LogP contribution in [0, 0.1) is 0 Å². The molecule has 2 aromatic carbocycles. The Kier molecular flexibility index (Phi) is 4.88. The second-order valence-electron chi connectivity index (χ2n) is 5.27. The molecule has 0 heterocycles. The summed E-state index contributed by atoms with van der Waals surface area (Å²) in [5.74, 6) is 0.00347.